The van der Waals surface area contributed by atoms with Crippen molar-refractivity contribution in [1.29, 1.82) is 0 Å². The number of ether oxygens (including phenoxy) is 6. The number of carboxylic acid groups (broad SMARTS) is 1. The lowest BCUT2D eigenvalue weighted by molar-refractivity contribution is -0.167. The summed E-state index contributed by atoms with van der Waals surface area (Å²) < 4.78 is 31.5. The summed E-state index contributed by atoms with van der Waals surface area (Å²) in [5.41, 5.74) is -1.96. The monoisotopic (exact) mass is 583 g/mol. The van der Waals surface area contributed by atoms with Gasteiger partial charge in [-0.2, -0.15) is 0 Å². The molecule has 2 N–H and O–H groups in total. The first-order valence-corrected chi connectivity index (χ1v) is 14.1. The van der Waals surface area contributed by atoms with E-state index in [9.17, 15) is 24.3 Å². The van der Waals surface area contributed by atoms with E-state index in [2.05, 4.69) is 5.32 Å². The number of carbonyl (C=O) groups excluding carboxylic acids is 3. The number of aliphatic carboxylic acids is 1. The van der Waals surface area contributed by atoms with Crippen LogP contribution >= 0.6 is 0 Å². The molecule has 0 bridgehead atoms. The molecule has 0 heterocycles. The molecule has 0 saturated heterocycles. The van der Waals surface area contributed by atoms with Gasteiger partial charge in [-0.05, 0) is 71.6 Å². The first-order chi connectivity index (χ1) is 19.2. The number of hydrogen-bond donors (Lipinski definition) is 2. The summed E-state index contributed by atoms with van der Waals surface area (Å²) in [5.74, 6) is -1.84. The standard InChI is InChI=1S/C29H45NO11/c1-9-12-20(7)37-26(33)39-23-15-14-22(16-24(23)40-27(34)38-21(8)13-10-2)17-29(25(31)32,30-19(6)11-3)41-28(35)36-18(4)5/h14-16,18-21,30H,9-13,17H2,1-8H3,(H,31,32)/t19?,20?,21?,29-/m0/s1. The Balaban J connectivity index is 3.44. The van der Waals surface area contributed by atoms with Crippen LogP contribution in [0.25, 0.3) is 0 Å². The summed E-state index contributed by atoms with van der Waals surface area (Å²) in [7, 11) is 0. The molecule has 1 aromatic rings. The Kier molecular flexibility index (Phi) is 15.0. The molecule has 12 nitrogen and oxygen atoms in total. The molecule has 0 amide bonds. The predicted molar refractivity (Wildman–Crippen MR) is 149 cm³/mol. The number of carboxylic acids is 1. The van der Waals surface area contributed by atoms with Gasteiger partial charge in [-0.3, -0.25) is 5.32 Å². The average Bonchev–Trinajstić information content (AvgIpc) is 2.84. The Morgan fingerprint density at radius 2 is 1.34 bits per heavy atom. The normalized spacial score (nSPS) is 14.7. The van der Waals surface area contributed by atoms with Crippen molar-refractivity contribution >= 4 is 24.4 Å². The van der Waals surface area contributed by atoms with Gasteiger partial charge in [0.05, 0.1) is 6.10 Å². The van der Waals surface area contributed by atoms with Crippen LogP contribution in [0.2, 0.25) is 0 Å². The lowest BCUT2D eigenvalue weighted by Gasteiger charge is -2.32. The van der Waals surface area contributed by atoms with E-state index in [0.29, 0.717) is 19.3 Å². The van der Waals surface area contributed by atoms with Gasteiger partial charge in [0.25, 0.3) is 5.72 Å². The molecule has 0 radical (unpaired) electrons. The largest absolute Gasteiger partial charge is 0.514 e. The highest BCUT2D eigenvalue weighted by Gasteiger charge is 2.45. The number of rotatable bonds is 16. The molecule has 0 aliphatic heterocycles. The maximum Gasteiger partial charge on any atom is 0.514 e. The maximum absolute atomic E-state index is 12.5. The first kappa shape index (κ1) is 35.5. The fraction of sp³-hybridized carbons (Fsp3) is 0.655. The third-order valence-corrected chi connectivity index (χ3v) is 5.86. The lowest BCUT2D eigenvalue weighted by atomic mass is 10.00. The Morgan fingerprint density at radius 3 is 1.80 bits per heavy atom. The number of carbonyl (C=O) groups is 4. The molecule has 12 heteroatoms. The van der Waals surface area contributed by atoms with Gasteiger partial charge in [0, 0.05) is 12.5 Å². The molecule has 0 spiro atoms. The van der Waals surface area contributed by atoms with Gasteiger partial charge in [0.15, 0.2) is 11.5 Å². The fourth-order valence-electron chi connectivity index (χ4n) is 3.76. The molecule has 0 aromatic heterocycles. The molecule has 1 rings (SSSR count). The zero-order valence-corrected chi connectivity index (χ0v) is 25.3. The molecule has 4 atom stereocenters. The van der Waals surface area contributed by atoms with Gasteiger partial charge in [0.1, 0.15) is 12.2 Å². The summed E-state index contributed by atoms with van der Waals surface area (Å²) >= 11 is 0. The molecule has 0 aliphatic rings. The van der Waals surface area contributed by atoms with E-state index in [1.807, 2.05) is 20.8 Å². The van der Waals surface area contributed by atoms with Crippen LogP contribution in [-0.4, -0.2) is 59.6 Å². The predicted octanol–water partition coefficient (Wildman–Crippen LogP) is 6.37. The summed E-state index contributed by atoms with van der Waals surface area (Å²) in [4.78, 5) is 49.9. The topological polar surface area (TPSA) is 156 Å². The zero-order valence-electron chi connectivity index (χ0n) is 25.3. The minimum atomic E-state index is -2.23. The van der Waals surface area contributed by atoms with Crippen molar-refractivity contribution in [3.05, 3.63) is 23.8 Å². The van der Waals surface area contributed by atoms with Gasteiger partial charge in [0.2, 0.25) is 0 Å². The van der Waals surface area contributed by atoms with Crippen LogP contribution in [0.4, 0.5) is 14.4 Å². The van der Waals surface area contributed by atoms with Gasteiger partial charge < -0.3 is 33.5 Å². The van der Waals surface area contributed by atoms with Crippen LogP contribution in [0.3, 0.4) is 0 Å². The van der Waals surface area contributed by atoms with E-state index >= 15 is 0 Å². The highest BCUT2D eigenvalue weighted by Crippen LogP contribution is 2.32. The molecular weight excluding hydrogens is 538 g/mol. The van der Waals surface area contributed by atoms with Crippen molar-refractivity contribution in [2.75, 3.05) is 0 Å². The summed E-state index contributed by atoms with van der Waals surface area (Å²) in [6.07, 6.45) is -1.67. The van der Waals surface area contributed by atoms with Gasteiger partial charge in [-0.1, -0.05) is 39.7 Å². The molecule has 41 heavy (non-hydrogen) atoms. The third kappa shape index (κ3) is 12.7. The van der Waals surface area contributed by atoms with E-state index in [4.69, 9.17) is 28.4 Å². The SMILES string of the molecule is CCCC(C)OC(=O)Oc1ccc(C[C@](NC(C)CC)(OC(=O)OC(C)C)C(=O)O)cc1OC(=O)OC(C)CCC. The second-order valence-corrected chi connectivity index (χ2v) is 10.2. The smallest absolute Gasteiger partial charge is 0.477 e. The van der Waals surface area contributed by atoms with Crippen LogP contribution in [0, 0.1) is 0 Å². The van der Waals surface area contributed by atoms with Gasteiger partial charge in [-0.25, -0.2) is 19.2 Å². The van der Waals surface area contributed by atoms with E-state index in [0.717, 1.165) is 12.8 Å². The molecule has 3 unspecified atom stereocenters. The molecule has 0 saturated carbocycles. The second-order valence-electron chi connectivity index (χ2n) is 10.2. The van der Waals surface area contributed by atoms with Crippen molar-refractivity contribution in [2.45, 2.75) is 124 Å². The minimum absolute atomic E-state index is 0.154. The van der Waals surface area contributed by atoms with Crippen molar-refractivity contribution in [3.8, 4) is 11.5 Å². The van der Waals surface area contributed by atoms with Gasteiger partial charge in [-0.15, -0.1) is 0 Å². The molecular formula is C29H45NO11. The van der Waals surface area contributed by atoms with Crippen molar-refractivity contribution < 1.29 is 52.7 Å². The van der Waals surface area contributed by atoms with Crippen LogP contribution in [-0.2, 0) is 30.2 Å². The summed E-state index contributed by atoms with van der Waals surface area (Å²) in [6.45, 7) is 14.1. The number of benzene rings is 1. The highest BCUT2D eigenvalue weighted by molar-refractivity contribution is 5.80. The van der Waals surface area contributed by atoms with E-state index in [1.54, 1.807) is 34.6 Å². The van der Waals surface area contributed by atoms with Gasteiger partial charge >= 0.3 is 24.4 Å². The molecule has 1 aromatic carbocycles. The quantitative estimate of drug-likeness (QED) is 0.0961. The zero-order chi connectivity index (χ0) is 31.2. The summed E-state index contributed by atoms with van der Waals surface area (Å²) in [6, 6.07) is 3.70. The molecule has 232 valence electrons. The highest BCUT2D eigenvalue weighted by atomic mass is 16.8. The Morgan fingerprint density at radius 1 is 0.805 bits per heavy atom. The second kappa shape index (κ2) is 17.3. The van der Waals surface area contributed by atoms with Crippen molar-refractivity contribution in [3.63, 3.8) is 0 Å². The van der Waals surface area contributed by atoms with Crippen molar-refractivity contribution in [1.82, 2.24) is 5.32 Å². The van der Waals surface area contributed by atoms with Crippen LogP contribution in [0.5, 0.6) is 11.5 Å². The van der Waals surface area contributed by atoms with E-state index < -0.39 is 54.9 Å². The molecule has 0 aliphatic carbocycles. The van der Waals surface area contributed by atoms with Crippen LogP contribution in [0.1, 0.15) is 93.1 Å². The summed E-state index contributed by atoms with van der Waals surface area (Å²) in [5, 5.41) is 13.0. The first-order valence-electron chi connectivity index (χ1n) is 14.1. The van der Waals surface area contributed by atoms with Crippen LogP contribution < -0.4 is 14.8 Å². The maximum atomic E-state index is 12.5. The fourth-order valence-corrected chi connectivity index (χ4v) is 3.76. The third-order valence-electron chi connectivity index (χ3n) is 5.86. The molecule has 0 fully saturated rings. The Bertz CT molecular complexity index is 1010. The lowest BCUT2D eigenvalue weighted by Crippen LogP contribution is -2.59. The average molecular weight is 584 g/mol. The minimum Gasteiger partial charge on any atom is -0.477 e. The van der Waals surface area contributed by atoms with E-state index in [1.165, 1.54) is 18.2 Å². The van der Waals surface area contributed by atoms with Crippen LogP contribution in [0.15, 0.2) is 18.2 Å². The Hall–Kier alpha value is -3.54. The number of nitrogens with one attached hydrogen (secondary N) is 1. The number of hydrogen-bond acceptors (Lipinski definition) is 11. The van der Waals surface area contributed by atoms with E-state index in [-0.39, 0.29) is 23.1 Å². The van der Waals surface area contributed by atoms with Crippen molar-refractivity contribution in [2.24, 2.45) is 0 Å². The Labute approximate surface area is 241 Å².